The molecular formula is C41H40N2O7. The number of ether oxygens (including phenoxy) is 3. The second kappa shape index (κ2) is 16.1. The number of hydrogen-bond donors (Lipinski definition) is 0. The minimum atomic E-state index is -0.816. The van der Waals surface area contributed by atoms with Gasteiger partial charge in [-0.1, -0.05) is 115 Å². The van der Waals surface area contributed by atoms with Gasteiger partial charge >= 0.3 is 12.2 Å². The monoisotopic (exact) mass is 672 g/mol. The predicted molar refractivity (Wildman–Crippen MR) is 187 cm³/mol. The van der Waals surface area contributed by atoms with Gasteiger partial charge in [0, 0.05) is 0 Å². The number of nitrogens with zero attached hydrogens (tertiary/aromatic N) is 2. The van der Waals surface area contributed by atoms with Crippen LogP contribution in [0.15, 0.2) is 127 Å². The fourth-order valence-electron chi connectivity index (χ4n) is 6.52. The number of carbonyl (C=O) groups excluding carboxylic acids is 4. The highest BCUT2D eigenvalue weighted by Gasteiger charge is 2.42. The topological polar surface area (TPSA) is 102 Å². The number of hydrogen-bond acceptors (Lipinski definition) is 7. The average Bonchev–Trinajstić information content (AvgIpc) is 3.70. The molecule has 0 bridgehead atoms. The maximum Gasteiger partial charge on any atom is 0.417 e. The van der Waals surface area contributed by atoms with Crippen molar-refractivity contribution in [2.45, 2.75) is 37.8 Å². The molecule has 0 aliphatic carbocycles. The third-order valence-electron chi connectivity index (χ3n) is 9.15. The van der Waals surface area contributed by atoms with Gasteiger partial charge in [-0.15, -0.1) is 0 Å². The van der Waals surface area contributed by atoms with Crippen molar-refractivity contribution in [1.82, 2.24) is 9.80 Å². The second-order valence-corrected chi connectivity index (χ2v) is 12.6. The average molecular weight is 673 g/mol. The van der Waals surface area contributed by atoms with Crippen LogP contribution in [0.3, 0.4) is 0 Å². The number of amides is 4. The second-order valence-electron chi connectivity index (χ2n) is 12.6. The van der Waals surface area contributed by atoms with Gasteiger partial charge in [-0.3, -0.25) is 9.59 Å². The first kappa shape index (κ1) is 34.2. The molecule has 6 rings (SSSR count). The standard InChI is InChI=1S/C41H40N2O7/c1-48-37-21-17-32(18-22-37)24-34(39(45)43-36(28-50-41(43)47)26-31-15-9-4-10-16-31)20-19-33(23-29-11-5-2-6-12-29)38(44)42-35(27-49-40(42)46)25-30-13-7-3-8-14-30/h2-22,33-36H,23-28H2,1H3/b20-19+/t33-,34-,35+,36+/m1/s1. The summed E-state index contributed by atoms with van der Waals surface area (Å²) in [4.78, 5) is 57.2. The maximum absolute atomic E-state index is 14.4. The van der Waals surface area contributed by atoms with Gasteiger partial charge in [0.25, 0.3) is 0 Å². The molecule has 4 aromatic rings. The van der Waals surface area contributed by atoms with Crippen LogP contribution in [0.2, 0.25) is 0 Å². The van der Waals surface area contributed by atoms with E-state index in [1.807, 2.05) is 115 Å². The number of imide groups is 2. The Kier molecular flexibility index (Phi) is 11.0. The van der Waals surface area contributed by atoms with Crippen LogP contribution in [0, 0.1) is 11.8 Å². The first-order valence-corrected chi connectivity index (χ1v) is 16.8. The molecule has 0 saturated carbocycles. The summed E-state index contributed by atoms with van der Waals surface area (Å²) in [6.45, 7) is 0.188. The largest absolute Gasteiger partial charge is 0.497 e. The summed E-state index contributed by atoms with van der Waals surface area (Å²) < 4.78 is 16.1. The van der Waals surface area contributed by atoms with E-state index in [2.05, 4.69) is 0 Å². The van der Waals surface area contributed by atoms with Crippen molar-refractivity contribution in [1.29, 1.82) is 0 Å². The molecule has 0 aromatic heterocycles. The Hall–Kier alpha value is -5.70. The maximum atomic E-state index is 14.4. The summed E-state index contributed by atoms with van der Waals surface area (Å²) in [5.74, 6) is -1.77. The van der Waals surface area contributed by atoms with Crippen LogP contribution in [-0.4, -0.2) is 66.2 Å². The van der Waals surface area contributed by atoms with Gasteiger partial charge < -0.3 is 14.2 Å². The van der Waals surface area contributed by atoms with Crippen molar-refractivity contribution in [3.05, 3.63) is 150 Å². The van der Waals surface area contributed by atoms with Crippen LogP contribution in [0.1, 0.15) is 22.3 Å². The highest BCUT2D eigenvalue weighted by atomic mass is 16.6. The summed E-state index contributed by atoms with van der Waals surface area (Å²) in [6, 6.07) is 35.3. The Balaban J connectivity index is 1.31. The van der Waals surface area contributed by atoms with Crippen LogP contribution in [0.25, 0.3) is 0 Å². The normalized spacial score (nSPS) is 18.5. The number of benzene rings is 4. The van der Waals surface area contributed by atoms with E-state index in [0.29, 0.717) is 25.0 Å². The molecular weight excluding hydrogens is 632 g/mol. The highest BCUT2D eigenvalue weighted by Crippen LogP contribution is 2.27. The Labute approximate surface area is 292 Å². The minimum Gasteiger partial charge on any atom is -0.497 e. The molecule has 2 aliphatic heterocycles. The van der Waals surface area contributed by atoms with E-state index in [0.717, 1.165) is 22.3 Å². The lowest BCUT2D eigenvalue weighted by Gasteiger charge is -2.25. The van der Waals surface area contributed by atoms with Crippen molar-refractivity contribution in [2.24, 2.45) is 11.8 Å². The number of cyclic esters (lactones) is 2. The quantitative estimate of drug-likeness (QED) is 0.151. The summed E-state index contributed by atoms with van der Waals surface area (Å²) >= 11 is 0. The van der Waals surface area contributed by atoms with E-state index in [1.54, 1.807) is 19.3 Å². The van der Waals surface area contributed by atoms with E-state index < -0.39 is 47.9 Å². The van der Waals surface area contributed by atoms with Crippen molar-refractivity contribution in [3.8, 4) is 5.75 Å². The van der Waals surface area contributed by atoms with Crippen molar-refractivity contribution in [3.63, 3.8) is 0 Å². The summed E-state index contributed by atoms with van der Waals surface area (Å²) in [6.07, 6.45) is 3.50. The fourth-order valence-corrected chi connectivity index (χ4v) is 6.52. The molecule has 0 spiro atoms. The van der Waals surface area contributed by atoms with Crippen LogP contribution in [-0.2, 0) is 44.7 Å². The number of methoxy groups -OCH3 is 1. The van der Waals surface area contributed by atoms with Gasteiger partial charge in [-0.2, -0.15) is 0 Å². The molecule has 4 amide bonds. The van der Waals surface area contributed by atoms with Crippen LogP contribution < -0.4 is 4.74 Å². The predicted octanol–water partition coefficient (Wildman–Crippen LogP) is 6.45. The SMILES string of the molecule is COc1ccc(C[C@@H](/C=C/[C@H](Cc2ccccc2)C(=O)N2C(=O)OC[C@@H]2Cc2ccccc2)C(=O)N2C(=O)OC[C@@H]2Cc2ccccc2)cc1. The van der Waals surface area contributed by atoms with Gasteiger partial charge in [0.2, 0.25) is 11.8 Å². The van der Waals surface area contributed by atoms with E-state index in [-0.39, 0.29) is 19.6 Å². The van der Waals surface area contributed by atoms with Gasteiger partial charge in [0.1, 0.15) is 19.0 Å². The molecule has 4 aromatic carbocycles. The summed E-state index contributed by atoms with van der Waals surface area (Å²) in [7, 11) is 1.58. The van der Waals surface area contributed by atoms with Crippen molar-refractivity contribution < 1.29 is 33.4 Å². The van der Waals surface area contributed by atoms with Crippen LogP contribution in [0.4, 0.5) is 9.59 Å². The molecule has 4 atom stereocenters. The van der Waals surface area contributed by atoms with Crippen molar-refractivity contribution >= 4 is 24.0 Å². The smallest absolute Gasteiger partial charge is 0.417 e. The summed E-state index contributed by atoms with van der Waals surface area (Å²) in [5, 5.41) is 0. The molecule has 0 unspecified atom stereocenters. The van der Waals surface area contributed by atoms with Crippen LogP contribution in [0.5, 0.6) is 5.75 Å². The van der Waals surface area contributed by atoms with E-state index >= 15 is 0 Å². The molecule has 0 N–H and O–H groups in total. The summed E-state index contributed by atoms with van der Waals surface area (Å²) in [5.41, 5.74) is 3.70. The van der Waals surface area contributed by atoms with Gasteiger partial charge in [0.05, 0.1) is 31.0 Å². The molecule has 50 heavy (non-hydrogen) atoms. The zero-order valence-electron chi connectivity index (χ0n) is 27.9. The molecule has 2 fully saturated rings. The molecule has 9 nitrogen and oxygen atoms in total. The van der Waals surface area contributed by atoms with E-state index in [1.165, 1.54) is 9.80 Å². The minimum absolute atomic E-state index is 0.0907. The lowest BCUT2D eigenvalue weighted by atomic mass is 9.91. The fraction of sp³-hybridized carbons (Fsp3) is 0.268. The zero-order chi connectivity index (χ0) is 34.9. The van der Waals surface area contributed by atoms with E-state index in [4.69, 9.17) is 14.2 Å². The molecule has 9 heteroatoms. The highest BCUT2D eigenvalue weighted by molar-refractivity contribution is 5.97. The molecule has 2 saturated heterocycles. The lowest BCUT2D eigenvalue weighted by Crippen LogP contribution is -2.44. The lowest BCUT2D eigenvalue weighted by molar-refractivity contribution is -0.133. The third-order valence-corrected chi connectivity index (χ3v) is 9.15. The first-order valence-electron chi connectivity index (χ1n) is 16.8. The Morgan fingerprint density at radius 1 is 0.620 bits per heavy atom. The Morgan fingerprint density at radius 2 is 1.00 bits per heavy atom. The van der Waals surface area contributed by atoms with Gasteiger partial charge in [-0.05, 0) is 60.1 Å². The molecule has 2 heterocycles. The zero-order valence-corrected chi connectivity index (χ0v) is 27.9. The van der Waals surface area contributed by atoms with Crippen molar-refractivity contribution in [2.75, 3.05) is 20.3 Å². The van der Waals surface area contributed by atoms with Gasteiger partial charge in [-0.25, -0.2) is 19.4 Å². The molecule has 0 radical (unpaired) electrons. The van der Waals surface area contributed by atoms with Crippen LogP contribution >= 0.6 is 0 Å². The van der Waals surface area contributed by atoms with Gasteiger partial charge in [0.15, 0.2) is 0 Å². The Morgan fingerprint density at radius 3 is 1.40 bits per heavy atom. The van der Waals surface area contributed by atoms with E-state index in [9.17, 15) is 19.2 Å². The molecule has 256 valence electrons. The molecule has 2 aliphatic rings. The third kappa shape index (κ3) is 8.29. The first-order chi connectivity index (χ1) is 24.4. The number of rotatable bonds is 13. The Bertz CT molecular complexity index is 1800. The number of carbonyl (C=O) groups is 4.